The molecule has 0 atom stereocenters. The Morgan fingerprint density at radius 3 is 2.11 bits per heavy atom. The summed E-state index contributed by atoms with van der Waals surface area (Å²) >= 11 is 0. The lowest BCUT2D eigenvalue weighted by molar-refractivity contribution is 0.0947. The Balaban J connectivity index is 0.000000167. The average molecular weight is 358 g/mol. The van der Waals surface area contributed by atoms with Gasteiger partial charge in [0.15, 0.2) is 5.78 Å². The van der Waals surface area contributed by atoms with Crippen molar-refractivity contribution in [3.8, 4) is 0 Å². The minimum Gasteiger partial charge on any atom is -0.361 e. The number of para-hydroxylation sites is 2. The first-order valence-corrected chi connectivity index (χ1v) is 9.46. The van der Waals surface area contributed by atoms with Crippen molar-refractivity contribution in [2.45, 2.75) is 27.7 Å². The molecule has 1 aliphatic rings. The van der Waals surface area contributed by atoms with E-state index in [4.69, 9.17) is 0 Å². The normalized spacial score (nSPS) is 17.5. The van der Waals surface area contributed by atoms with E-state index in [2.05, 4.69) is 55.9 Å². The van der Waals surface area contributed by atoms with Gasteiger partial charge in [0.1, 0.15) is 0 Å². The molecule has 5 rings (SSSR count). The van der Waals surface area contributed by atoms with Gasteiger partial charge in [-0.05, 0) is 34.4 Å². The number of benzene rings is 2. The second-order valence-corrected chi connectivity index (χ2v) is 8.55. The van der Waals surface area contributed by atoms with Crippen LogP contribution in [-0.4, -0.2) is 15.8 Å². The molecule has 0 radical (unpaired) electrons. The quantitative estimate of drug-likeness (QED) is 0.412. The molecule has 0 bridgehead atoms. The van der Waals surface area contributed by atoms with Crippen LogP contribution in [0.2, 0.25) is 0 Å². The number of hydrogen-bond donors (Lipinski definition) is 2. The van der Waals surface area contributed by atoms with Gasteiger partial charge >= 0.3 is 0 Å². The topological polar surface area (TPSA) is 48.6 Å². The van der Waals surface area contributed by atoms with Crippen LogP contribution in [0, 0.1) is 16.7 Å². The van der Waals surface area contributed by atoms with E-state index < -0.39 is 0 Å². The maximum atomic E-state index is 12.7. The van der Waals surface area contributed by atoms with Gasteiger partial charge in [-0.1, -0.05) is 64.1 Å². The van der Waals surface area contributed by atoms with Crippen LogP contribution in [0.3, 0.4) is 0 Å². The Morgan fingerprint density at radius 1 is 0.815 bits per heavy atom. The molecule has 0 saturated heterocycles. The molecule has 2 aromatic heterocycles. The van der Waals surface area contributed by atoms with E-state index in [1.165, 1.54) is 10.9 Å². The van der Waals surface area contributed by atoms with E-state index in [1.54, 1.807) is 0 Å². The minimum atomic E-state index is 0.0997. The molecule has 1 saturated carbocycles. The van der Waals surface area contributed by atoms with Gasteiger partial charge in [-0.2, -0.15) is 0 Å². The number of carbonyl (C=O) groups is 1. The van der Waals surface area contributed by atoms with Crippen LogP contribution in [0.15, 0.2) is 67.0 Å². The van der Waals surface area contributed by atoms with Crippen molar-refractivity contribution in [2.75, 3.05) is 0 Å². The van der Waals surface area contributed by atoms with E-state index in [1.807, 2.05) is 48.8 Å². The number of ketones is 1. The predicted octanol–water partition coefficient (Wildman–Crippen LogP) is 6.20. The summed E-state index contributed by atoms with van der Waals surface area (Å²) in [6.45, 7) is 8.74. The standard InChI is InChI=1S/C16H19NO.C8H7N/c1-15(2)14(16(15,3)4)13(18)11-9-17-12-8-6-5-7-10(11)12;1-2-4-8-7(3-1)5-6-9-8/h5-9,14,17H,1-4H3;1-6,9H. The molecule has 0 spiro atoms. The Morgan fingerprint density at radius 2 is 1.44 bits per heavy atom. The van der Waals surface area contributed by atoms with E-state index in [-0.39, 0.29) is 22.5 Å². The van der Waals surface area contributed by atoms with Crippen LogP contribution in [0.4, 0.5) is 0 Å². The molecule has 27 heavy (non-hydrogen) atoms. The third kappa shape index (κ3) is 2.78. The number of aromatic amines is 2. The van der Waals surface area contributed by atoms with Crippen LogP contribution in [-0.2, 0) is 0 Å². The highest BCUT2D eigenvalue weighted by Crippen LogP contribution is 2.69. The number of fused-ring (bicyclic) bond motifs is 2. The van der Waals surface area contributed by atoms with Gasteiger partial charge in [-0.25, -0.2) is 0 Å². The third-order valence-corrected chi connectivity index (χ3v) is 6.60. The molecule has 4 aromatic rings. The molecule has 2 N–H and O–H groups in total. The Bertz CT molecular complexity index is 1070. The van der Waals surface area contributed by atoms with Crippen molar-refractivity contribution in [3.05, 3.63) is 72.6 Å². The molecular formula is C24H26N2O. The summed E-state index contributed by atoms with van der Waals surface area (Å²) in [5.41, 5.74) is 3.29. The number of carbonyl (C=O) groups excluding carboxylic acids is 1. The lowest BCUT2D eigenvalue weighted by Gasteiger charge is -2.03. The predicted molar refractivity (Wildman–Crippen MR) is 112 cm³/mol. The van der Waals surface area contributed by atoms with Crippen molar-refractivity contribution in [3.63, 3.8) is 0 Å². The Labute approximate surface area is 159 Å². The molecule has 1 fully saturated rings. The molecule has 1 aliphatic carbocycles. The van der Waals surface area contributed by atoms with Gasteiger partial charge in [0.25, 0.3) is 0 Å². The maximum absolute atomic E-state index is 12.7. The van der Waals surface area contributed by atoms with Crippen molar-refractivity contribution < 1.29 is 4.79 Å². The molecule has 138 valence electrons. The van der Waals surface area contributed by atoms with Gasteiger partial charge < -0.3 is 9.97 Å². The summed E-state index contributed by atoms with van der Waals surface area (Å²) in [6.07, 6.45) is 3.81. The van der Waals surface area contributed by atoms with Gasteiger partial charge in [-0.15, -0.1) is 0 Å². The summed E-state index contributed by atoms with van der Waals surface area (Å²) in [5.74, 6) is 0.409. The number of hydrogen-bond acceptors (Lipinski definition) is 1. The average Bonchev–Trinajstić information content (AvgIpc) is 3.12. The van der Waals surface area contributed by atoms with Gasteiger partial charge in [0.2, 0.25) is 0 Å². The molecule has 0 amide bonds. The van der Waals surface area contributed by atoms with E-state index in [0.29, 0.717) is 0 Å². The lowest BCUT2D eigenvalue weighted by atomic mass is 10.0. The number of H-pyrrole nitrogens is 2. The zero-order chi connectivity index (χ0) is 19.2. The van der Waals surface area contributed by atoms with Crippen molar-refractivity contribution in [1.29, 1.82) is 0 Å². The number of Topliss-reactive ketones (excluding diaryl/α,β-unsaturated/α-hetero) is 1. The zero-order valence-electron chi connectivity index (χ0n) is 16.3. The molecular weight excluding hydrogens is 332 g/mol. The highest BCUT2D eigenvalue weighted by Gasteiger charge is 2.68. The minimum absolute atomic E-state index is 0.0997. The first-order valence-electron chi connectivity index (χ1n) is 9.46. The maximum Gasteiger partial charge on any atom is 0.169 e. The van der Waals surface area contributed by atoms with Crippen molar-refractivity contribution >= 4 is 27.6 Å². The third-order valence-electron chi connectivity index (χ3n) is 6.60. The number of rotatable bonds is 2. The van der Waals surface area contributed by atoms with Crippen LogP contribution in [0.1, 0.15) is 38.1 Å². The smallest absolute Gasteiger partial charge is 0.169 e. The lowest BCUT2D eigenvalue weighted by Crippen LogP contribution is -2.06. The summed E-state index contributed by atoms with van der Waals surface area (Å²) in [5, 5.41) is 2.32. The molecule has 3 nitrogen and oxygen atoms in total. The second-order valence-electron chi connectivity index (χ2n) is 8.55. The fraction of sp³-hybridized carbons (Fsp3) is 0.292. The second kappa shape index (κ2) is 6.12. The molecule has 0 aliphatic heterocycles. The summed E-state index contributed by atoms with van der Waals surface area (Å²) in [6, 6.07) is 18.3. The molecule has 2 heterocycles. The van der Waals surface area contributed by atoms with Gasteiger partial charge in [0.05, 0.1) is 0 Å². The van der Waals surface area contributed by atoms with Crippen LogP contribution < -0.4 is 0 Å². The SMILES string of the molecule is CC1(C)C(C(=O)c2c[nH]c3ccccc23)C1(C)C.c1ccc2[nH]ccc2c1. The van der Waals surface area contributed by atoms with Crippen molar-refractivity contribution in [1.82, 2.24) is 9.97 Å². The first kappa shape index (κ1) is 17.6. The van der Waals surface area contributed by atoms with E-state index in [0.717, 1.165) is 16.5 Å². The van der Waals surface area contributed by atoms with Gasteiger partial charge in [0, 0.05) is 40.3 Å². The zero-order valence-corrected chi connectivity index (χ0v) is 16.3. The molecule has 3 heteroatoms. The largest absolute Gasteiger partial charge is 0.361 e. The highest BCUT2D eigenvalue weighted by molar-refractivity contribution is 6.10. The monoisotopic (exact) mass is 358 g/mol. The van der Waals surface area contributed by atoms with Gasteiger partial charge in [-0.3, -0.25) is 4.79 Å². The molecule has 2 aromatic carbocycles. The summed E-state index contributed by atoms with van der Waals surface area (Å²) < 4.78 is 0. The van der Waals surface area contributed by atoms with Crippen LogP contribution >= 0.6 is 0 Å². The van der Waals surface area contributed by atoms with Crippen LogP contribution in [0.5, 0.6) is 0 Å². The summed E-state index contributed by atoms with van der Waals surface area (Å²) in [7, 11) is 0. The fourth-order valence-corrected chi connectivity index (χ4v) is 4.28. The number of nitrogens with one attached hydrogen (secondary N) is 2. The highest BCUT2D eigenvalue weighted by atomic mass is 16.1. The van der Waals surface area contributed by atoms with E-state index in [9.17, 15) is 4.79 Å². The Hall–Kier alpha value is -2.81. The van der Waals surface area contributed by atoms with Crippen molar-refractivity contribution in [2.24, 2.45) is 16.7 Å². The Kier molecular flexibility index (Phi) is 3.99. The van der Waals surface area contributed by atoms with Crippen LogP contribution in [0.25, 0.3) is 21.8 Å². The number of aromatic nitrogens is 2. The van der Waals surface area contributed by atoms with E-state index >= 15 is 0 Å². The first-order chi connectivity index (χ1) is 12.8. The fourth-order valence-electron chi connectivity index (χ4n) is 4.28. The molecule has 0 unspecified atom stereocenters. The summed E-state index contributed by atoms with van der Waals surface area (Å²) in [4.78, 5) is 19.0.